The Labute approximate surface area is 105 Å². The van der Waals surface area contributed by atoms with Crippen LogP contribution in [0, 0.1) is 5.92 Å². The van der Waals surface area contributed by atoms with E-state index in [4.69, 9.17) is 0 Å². The molecule has 1 rings (SSSR count). The van der Waals surface area contributed by atoms with Crippen LogP contribution in [0.1, 0.15) is 24.2 Å². The highest BCUT2D eigenvalue weighted by Crippen LogP contribution is 2.16. The second-order valence-electron chi connectivity index (χ2n) is 3.74. The van der Waals surface area contributed by atoms with E-state index in [0.717, 1.165) is 11.8 Å². The van der Waals surface area contributed by atoms with Gasteiger partial charge in [-0.1, -0.05) is 42.1 Å². The van der Waals surface area contributed by atoms with Gasteiger partial charge in [0.1, 0.15) is 11.6 Å². The first-order valence-electron chi connectivity index (χ1n) is 5.25. The average Bonchev–Trinajstić information content (AvgIpc) is 2.29. The SMILES string of the molecule is CC(=O)C(CSC(=O)c1ccccc1)C(C)=O. The van der Waals surface area contributed by atoms with Gasteiger partial charge in [-0.05, 0) is 13.8 Å². The number of thioether (sulfide) groups is 1. The molecular weight excluding hydrogens is 236 g/mol. The second kappa shape index (κ2) is 6.35. The minimum absolute atomic E-state index is 0.113. The molecule has 4 heteroatoms. The molecule has 0 radical (unpaired) electrons. The molecule has 0 aromatic heterocycles. The van der Waals surface area contributed by atoms with Crippen molar-refractivity contribution in [1.82, 2.24) is 0 Å². The van der Waals surface area contributed by atoms with Crippen molar-refractivity contribution in [3.05, 3.63) is 35.9 Å². The first kappa shape index (κ1) is 13.6. The number of Topliss-reactive ketones (excluding diaryl/α,β-unsaturated/α-hetero) is 2. The van der Waals surface area contributed by atoms with Gasteiger partial charge >= 0.3 is 0 Å². The summed E-state index contributed by atoms with van der Waals surface area (Å²) in [5, 5.41) is -0.113. The summed E-state index contributed by atoms with van der Waals surface area (Å²) in [7, 11) is 0. The molecule has 0 amide bonds. The van der Waals surface area contributed by atoms with Gasteiger partial charge < -0.3 is 0 Å². The Morgan fingerprint density at radius 2 is 1.59 bits per heavy atom. The normalized spacial score (nSPS) is 10.3. The van der Waals surface area contributed by atoms with Gasteiger partial charge in [-0.2, -0.15) is 0 Å². The van der Waals surface area contributed by atoms with Gasteiger partial charge in [-0.15, -0.1) is 0 Å². The lowest BCUT2D eigenvalue weighted by molar-refractivity contribution is -0.129. The number of hydrogen-bond donors (Lipinski definition) is 0. The van der Waals surface area contributed by atoms with E-state index in [0.29, 0.717) is 5.56 Å². The first-order chi connectivity index (χ1) is 8.02. The standard InChI is InChI=1S/C13H14O3S/c1-9(14)12(10(2)15)8-17-13(16)11-6-4-3-5-7-11/h3-7,12H,8H2,1-2H3. The third kappa shape index (κ3) is 4.15. The van der Waals surface area contributed by atoms with Gasteiger partial charge in [0.2, 0.25) is 5.12 Å². The first-order valence-corrected chi connectivity index (χ1v) is 6.24. The topological polar surface area (TPSA) is 51.2 Å². The zero-order valence-electron chi connectivity index (χ0n) is 9.80. The molecule has 0 N–H and O–H groups in total. The molecule has 0 aliphatic rings. The lowest BCUT2D eigenvalue weighted by Crippen LogP contribution is -2.22. The summed E-state index contributed by atoms with van der Waals surface area (Å²) in [4.78, 5) is 34.1. The van der Waals surface area contributed by atoms with Crippen LogP contribution < -0.4 is 0 Å². The average molecular weight is 250 g/mol. The van der Waals surface area contributed by atoms with Crippen LogP contribution in [0.15, 0.2) is 30.3 Å². The maximum absolute atomic E-state index is 11.7. The van der Waals surface area contributed by atoms with E-state index in [1.165, 1.54) is 13.8 Å². The number of ketones is 2. The quantitative estimate of drug-likeness (QED) is 0.753. The van der Waals surface area contributed by atoms with Crippen LogP contribution in [0.2, 0.25) is 0 Å². The van der Waals surface area contributed by atoms with Crippen molar-refractivity contribution in [2.45, 2.75) is 13.8 Å². The van der Waals surface area contributed by atoms with Crippen molar-refractivity contribution < 1.29 is 14.4 Å². The summed E-state index contributed by atoms with van der Waals surface area (Å²) in [6, 6.07) is 8.82. The van der Waals surface area contributed by atoms with Crippen LogP contribution in [0.3, 0.4) is 0 Å². The molecule has 0 fully saturated rings. The number of rotatable bonds is 5. The van der Waals surface area contributed by atoms with Crippen LogP contribution in [0.4, 0.5) is 0 Å². The van der Waals surface area contributed by atoms with E-state index in [1.807, 2.05) is 6.07 Å². The summed E-state index contributed by atoms with van der Waals surface area (Å²) in [5.74, 6) is -0.831. The number of carbonyl (C=O) groups excluding carboxylic acids is 3. The number of benzene rings is 1. The van der Waals surface area contributed by atoms with Crippen LogP contribution >= 0.6 is 11.8 Å². The van der Waals surface area contributed by atoms with Gasteiger partial charge in [0.15, 0.2) is 0 Å². The Morgan fingerprint density at radius 1 is 1.06 bits per heavy atom. The largest absolute Gasteiger partial charge is 0.299 e. The summed E-state index contributed by atoms with van der Waals surface area (Å²) in [5.41, 5.74) is 0.586. The Hall–Kier alpha value is -1.42. The minimum Gasteiger partial charge on any atom is -0.299 e. The third-order valence-corrected chi connectivity index (χ3v) is 3.37. The minimum atomic E-state index is -0.673. The van der Waals surface area contributed by atoms with Gasteiger partial charge in [-0.3, -0.25) is 14.4 Å². The van der Waals surface area contributed by atoms with Crippen molar-refractivity contribution in [3.63, 3.8) is 0 Å². The smallest absolute Gasteiger partial charge is 0.219 e. The molecule has 0 aliphatic carbocycles. The van der Waals surface area contributed by atoms with Crippen LogP contribution in [0.5, 0.6) is 0 Å². The van der Waals surface area contributed by atoms with E-state index in [9.17, 15) is 14.4 Å². The predicted octanol–water partition coefficient (Wildman–Crippen LogP) is 2.35. The fourth-order valence-corrected chi connectivity index (χ4v) is 2.43. The van der Waals surface area contributed by atoms with Crippen molar-refractivity contribution in [3.8, 4) is 0 Å². The molecule has 0 atom stereocenters. The van der Waals surface area contributed by atoms with Crippen molar-refractivity contribution in [2.75, 3.05) is 5.75 Å². The zero-order chi connectivity index (χ0) is 12.8. The monoisotopic (exact) mass is 250 g/mol. The van der Waals surface area contributed by atoms with Crippen LogP contribution in [0.25, 0.3) is 0 Å². The number of carbonyl (C=O) groups is 3. The fourth-order valence-electron chi connectivity index (χ4n) is 1.34. The molecule has 0 heterocycles. The van der Waals surface area contributed by atoms with Crippen molar-refractivity contribution >= 4 is 28.4 Å². The summed E-state index contributed by atoms with van der Waals surface area (Å²) in [6.45, 7) is 2.75. The van der Waals surface area contributed by atoms with Gasteiger partial charge in [0.05, 0.1) is 5.92 Å². The molecular formula is C13H14O3S. The van der Waals surface area contributed by atoms with Crippen LogP contribution in [-0.2, 0) is 9.59 Å². The number of hydrogen-bond acceptors (Lipinski definition) is 4. The van der Waals surface area contributed by atoms with E-state index >= 15 is 0 Å². The molecule has 1 aromatic rings. The van der Waals surface area contributed by atoms with Crippen LogP contribution in [-0.4, -0.2) is 22.4 Å². The van der Waals surface area contributed by atoms with E-state index in [2.05, 4.69) is 0 Å². The molecule has 0 aliphatic heterocycles. The molecule has 17 heavy (non-hydrogen) atoms. The molecule has 0 unspecified atom stereocenters. The van der Waals surface area contributed by atoms with Crippen molar-refractivity contribution in [1.29, 1.82) is 0 Å². The summed E-state index contributed by atoms with van der Waals surface area (Å²) in [6.07, 6.45) is 0. The molecule has 0 bridgehead atoms. The van der Waals surface area contributed by atoms with Gasteiger partial charge in [-0.25, -0.2) is 0 Å². The molecule has 90 valence electrons. The lowest BCUT2D eigenvalue weighted by Gasteiger charge is -2.08. The summed E-state index contributed by atoms with van der Waals surface area (Å²) < 4.78 is 0. The maximum Gasteiger partial charge on any atom is 0.219 e. The van der Waals surface area contributed by atoms with Crippen molar-refractivity contribution in [2.24, 2.45) is 5.92 Å². The van der Waals surface area contributed by atoms with Gasteiger partial charge in [0, 0.05) is 11.3 Å². The molecule has 3 nitrogen and oxygen atoms in total. The molecule has 1 aromatic carbocycles. The maximum atomic E-state index is 11.7. The summed E-state index contributed by atoms with van der Waals surface area (Å²) >= 11 is 1.01. The Balaban J connectivity index is 2.59. The predicted molar refractivity (Wildman–Crippen MR) is 68.1 cm³/mol. The molecule has 0 saturated carbocycles. The van der Waals surface area contributed by atoms with E-state index in [1.54, 1.807) is 24.3 Å². The van der Waals surface area contributed by atoms with Gasteiger partial charge in [0.25, 0.3) is 0 Å². The Morgan fingerprint density at radius 3 is 2.06 bits per heavy atom. The Bertz CT molecular complexity index is 412. The Kier molecular flexibility index (Phi) is 5.10. The highest BCUT2D eigenvalue weighted by molar-refractivity contribution is 8.14. The van der Waals surface area contributed by atoms with E-state index < -0.39 is 5.92 Å². The van der Waals surface area contributed by atoms with E-state index in [-0.39, 0.29) is 22.4 Å². The fraction of sp³-hybridized carbons (Fsp3) is 0.308. The highest BCUT2D eigenvalue weighted by atomic mass is 32.2. The third-order valence-electron chi connectivity index (χ3n) is 2.37. The second-order valence-corrected chi connectivity index (χ2v) is 4.73. The molecule has 0 spiro atoms. The lowest BCUT2D eigenvalue weighted by atomic mass is 10.0. The zero-order valence-corrected chi connectivity index (χ0v) is 10.6. The highest BCUT2D eigenvalue weighted by Gasteiger charge is 2.21. The molecule has 0 saturated heterocycles.